The Bertz CT molecular complexity index is 388. The average molecular weight is 252 g/mol. The Morgan fingerprint density at radius 1 is 1.39 bits per heavy atom. The van der Waals surface area contributed by atoms with Crippen LogP contribution in [0.3, 0.4) is 0 Å². The number of carbonyl (C=O) groups excluding carboxylic acids is 2. The summed E-state index contributed by atoms with van der Waals surface area (Å²) in [5.74, 6) is 2.00. The largest absolute Gasteiger partial charge is 0.444 e. The van der Waals surface area contributed by atoms with E-state index in [9.17, 15) is 9.59 Å². The van der Waals surface area contributed by atoms with Crippen LogP contribution in [0.25, 0.3) is 0 Å². The molecule has 0 aromatic carbocycles. The van der Waals surface area contributed by atoms with E-state index in [1.807, 2.05) is 26.7 Å². The topological polar surface area (TPSA) is 49.9 Å². The zero-order valence-electron chi connectivity index (χ0n) is 11.2. The lowest BCUT2D eigenvalue weighted by molar-refractivity contribution is -0.00726. The highest BCUT2D eigenvalue weighted by Crippen LogP contribution is 2.27. The van der Waals surface area contributed by atoms with Gasteiger partial charge in [-0.15, -0.1) is 0 Å². The first-order valence-corrected chi connectivity index (χ1v) is 6.39. The molecule has 1 amide bonds. The molecular weight excluding hydrogens is 232 g/mol. The van der Waals surface area contributed by atoms with Crippen molar-refractivity contribution in [3.8, 4) is 0 Å². The van der Waals surface area contributed by atoms with Crippen molar-refractivity contribution in [3.05, 3.63) is 5.70 Å². The summed E-state index contributed by atoms with van der Waals surface area (Å²) in [4.78, 5) is 26.3. The monoisotopic (exact) mass is 252 g/mol. The second kappa shape index (κ2) is 4.65. The van der Waals surface area contributed by atoms with Crippen molar-refractivity contribution in [2.45, 2.75) is 45.3 Å². The molecule has 0 unspecified atom stereocenters. The van der Waals surface area contributed by atoms with Crippen molar-refractivity contribution in [3.63, 3.8) is 0 Å². The molecule has 2 aliphatic rings. The smallest absolute Gasteiger partial charge is 0.410 e. The zero-order valence-corrected chi connectivity index (χ0v) is 11.2. The maximum Gasteiger partial charge on any atom is 0.410 e. The summed E-state index contributed by atoms with van der Waals surface area (Å²) in [5, 5.41) is 0. The van der Waals surface area contributed by atoms with E-state index in [2.05, 4.69) is 4.90 Å². The Hall–Kier alpha value is -1.48. The van der Waals surface area contributed by atoms with Gasteiger partial charge in [0.15, 0.2) is 0 Å². The molecule has 0 atom stereocenters. The summed E-state index contributed by atoms with van der Waals surface area (Å²) < 4.78 is 5.29. The predicted octanol–water partition coefficient (Wildman–Crippen LogP) is 1.42. The van der Waals surface area contributed by atoms with Gasteiger partial charge in [-0.1, -0.05) is 0 Å². The van der Waals surface area contributed by atoms with Gasteiger partial charge in [-0.05, 0) is 33.6 Å². The number of hydrogen-bond acceptors (Lipinski definition) is 4. The van der Waals surface area contributed by atoms with Crippen LogP contribution >= 0.6 is 0 Å². The van der Waals surface area contributed by atoms with Crippen LogP contribution in [0.4, 0.5) is 4.79 Å². The second-order valence-corrected chi connectivity index (χ2v) is 5.88. The summed E-state index contributed by atoms with van der Waals surface area (Å²) in [6, 6.07) is 0.261. The quantitative estimate of drug-likeness (QED) is 0.662. The number of hydrogen-bond donors (Lipinski definition) is 0. The number of likely N-dealkylation sites (tertiary alicyclic amines) is 2. The SMILES string of the molecule is CC(C)(C)OC(=O)N1CC(N2CCCC2=C=O)C1. The molecule has 2 rings (SSSR count). The van der Waals surface area contributed by atoms with E-state index in [1.165, 1.54) is 0 Å². The molecule has 2 saturated heterocycles. The third kappa shape index (κ3) is 2.67. The first-order chi connectivity index (χ1) is 8.40. The van der Waals surface area contributed by atoms with E-state index in [0.717, 1.165) is 25.1 Å². The van der Waals surface area contributed by atoms with Crippen LogP contribution in [0.15, 0.2) is 5.70 Å². The van der Waals surface area contributed by atoms with E-state index in [1.54, 1.807) is 4.90 Å². The number of allylic oxidation sites excluding steroid dienone is 1. The normalized spacial score (nSPS) is 20.7. The minimum Gasteiger partial charge on any atom is -0.444 e. The number of ether oxygens (including phenoxy) is 1. The average Bonchev–Trinajstić information content (AvgIpc) is 2.60. The lowest BCUT2D eigenvalue weighted by atomic mass is 10.1. The van der Waals surface area contributed by atoms with Crippen LogP contribution in [-0.4, -0.2) is 53.1 Å². The fourth-order valence-electron chi connectivity index (χ4n) is 2.34. The summed E-state index contributed by atoms with van der Waals surface area (Å²) in [6.45, 7) is 7.75. The van der Waals surface area contributed by atoms with Crippen LogP contribution in [-0.2, 0) is 9.53 Å². The summed E-state index contributed by atoms with van der Waals surface area (Å²) >= 11 is 0. The van der Waals surface area contributed by atoms with Crippen molar-refractivity contribution >= 4 is 12.0 Å². The molecule has 0 saturated carbocycles. The molecule has 2 aliphatic heterocycles. The molecule has 5 nitrogen and oxygen atoms in total. The Kier molecular flexibility index (Phi) is 3.35. The molecule has 0 aromatic heterocycles. The minimum absolute atomic E-state index is 0.261. The lowest BCUT2D eigenvalue weighted by Crippen LogP contribution is -2.60. The van der Waals surface area contributed by atoms with Gasteiger partial charge in [0.05, 0.1) is 11.7 Å². The Morgan fingerprint density at radius 2 is 2.06 bits per heavy atom. The fourth-order valence-corrected chi connectivity index (χ4v) is 2.34. The van der Waals surface area contributed by atoms with Gasteiger partial charge in [0.25, 0.3) is 0 Å². The minimum atomic E-state index is -0.455. The first-order valence-electron chi connectivity index (χ1n) is 6.39. The van der Waals surface area contributed by atoms with Gasteiger partial charge in [-0.3, -0.25) is 0 Å². The maximum atomic E-state index is 11.8. The molecule has 0 aliphatic carbocycles. The molecule has 100 valence electrons. The van der Waals surface area contributed by atoms with Gasteiger partial charge >= 0.3 is 6.09 Å². The van der Waals surface area contributed by atoms with Crippen molar-refractivity contribution < 1.29 is 14.3 Å². The molecule has 0 aromatic rings. The Morgan fingerprint density at radius 3 is 2.61 bits per heavy atom. The van der Waals surface area contributed by atoms with Gasteiger partial charge in [-0.25, -0.2) is 9.59 Å². The zero-order chi connectivity index (χ0) is 13.3. The molecule has 0 bridgehead atoms. The van der Waals surface area contributed by atoms with E-state index < -0.39 is 5.60 Å². The molecule has 0 radical (unpaired) electrons. The summed E-state index contributed by atoms with van der Waals surface area (Å²) in [5.41, 5.74) is 0.299. The number of carbonyl (C=O) groups is 1. The number of rotatable bonds is 1. The van der Waals surface area contributed by atoms with E-state index in [-0.39, 0.29) is 12.1 Å². The van der Waals surface area contributed by atoms with Crippen LogP contribution in [0.5, 0.6) is 0 Å². The van der Waals surface area contributed by atoms with Crippen LogP contribution < -0.4 is 0 Å². The van der Waals surface area contributed by atoms with Gasteiger partial charge in [0.1, 0.15) is 11.5 Å². The molecule has 2 heterocycles. The number of amides is 1. The van der Waals surface area contributed by atoms with Gasteiger partial charge < -0.3 is 14.5 Å². The summed E-state index contributed by atoms with van der Waals surface area (Å²) in [6.07, 6.45) is 1.55. The highest BCUT2D eigenvalue weighted by Gasteiger charge is 2.39. The summed E-state index contributed by atoms with van der Waals surface area (Å²) in [7, 11) is 0. The first kappa shape index (κ1) is 13.0. The fraction of sp³-hybridized carbons (Fsp3) is 0.769. The van der Waals surface area contributed by atoms with Gasteiger partial charge in [0.2, 0.25) is 0 Å². The standard InChI is InChI=1S/C13H20N2O3/c1-13(2,3)18-12(17)14-7-11(8-14)15-6-4-5-10(15)9-16/h11H,4-8H2,1-3H3. The molecule has 5 heteroatoms. The highest BCUT2D eigenvalue weighted by molar-refractivity contribution is 5.69. The van der Waals surface area contributed by atoms with Gasteiger partial charge in [-0.2, -0.15) is 0 Å². The Labute approximate surface area is 107 Å². The third-order valence-electron chi connectivity index (χ3n) is 3.23. The van der Waals surface area contributed by atoms with E-state index in [0.29, 0.717) is 13.1 Å². The molecular formula is C13H20N2O3. The van der Waals surface area contributed by atoms with Crippen molar-refractivity contribution in [1.82, 2.24) is 9.80 Å². The van der Waals surface area contributed by atoms with E-state index >= 15 is 0 Å². The number of nitrogens with zero attached hydrogens (tertiary/aromatic N) is 2. The predicted molar refractivity (Wildman–Crippen MR) is 66.7 cm³/mol. The van der Waals surface area contributed by atoms with Crippen molar-refractivity contribution in [1.29, 1.82) is 0 Å². The highest BCUT2D eigenvalue weighted by atomic mass is 16.6. The molecule has 18 heavy (non-hydrogen) atoms. The van der Waals surface area contributed by atoms with Gasteiger partial charge in [0, 0.05) is 19.6 Å². The van der Waals surface area contributed by atoms with Crippen LogP contribution in [0.1, 0.15) is 33.6 Å². The maximum absolute atomic E-state index is 11.8. The van der Waals surface area contributed by atoms with Crippen molar-refractivity contribution in [2.24, 2.45) is 0 Å². The molecule has 0 N–H and O–H groups in total. The van der Waals surface area contributed by atoms with Crippen LogP contribution in [0.2, 0.25) is 0 Å². The lowest BCUT2D eigenvalue weighted by Gasteiger charge is -2.44. The Balaban J connectivity index is 1.84. The van der Waals surface area contributed by atoms with E-state index in [4.69, 9.17) is 4.74 Å². The molecule has 2 fully saturated rings. The second-order valence-electron chi connectivity index (χ2n) is 5.88. The van der Waals surface area contributed by atoms with Crippen molar-refractivity contribution in [2.75, 3.05) is 19.6 Å². The third-order valence-corrected chi connectivity index (χ3v) is 3.23. The molecule has 0 spiro atoms. The van der Waals surface area contributed by atoms with Crippen LogP contribution in [0, 0.1) is 0 Å².